The molecule has 0 aliphatic rings. The van der Waals surface area contributed by atoms with Gasteiger partial charge >= 0.3 is 11.9 Å². The summed E-state index contributed by atoms with van der Waals surface area (Å²) in [6.07, 6.45) is 1.71. The predicted octanol–water partition coefficient (Wildman–Crippen LogP) is 2.37. The van der Waals surface area contributed by atoms with Crippen LogP contribution in [0.15, 0.2) is 49.9 Å². The van der Waals surface area contributed by atoms with Crippen LogP contribution in [-0.4, -0.2) is 22.2 Å². The number of carbonyl (C=O) groups excluding carboxylic acids is 1. The Balaban J connectivity index is 0.000000770. The van der Waals surface area contributed by atoms with Gasteiger partial charge in [0.05, 0.1) is 23.7 Å². The Bertz CT molecular complexity index is 423. The molecule has 1 aromatic rings. The Morgan fingerprint density at radius 2 is 1.65 bits per heavy atom. The van der Waals surface area contributed by atoms with Crippen molar-refractivity contribution in [3.8, 4) is 0 Å². The zero-order valence-corrected chi connectivity index (χ0v) is 9.00. The van der Waals surface area contributed by atoms with Gasteiger partial charge in [-0.2, -0.15) is 0 Å². The summed E-state index contributed by atoms with van der Waals surface area (Å²) >= 11 is 0. The molecule has 5 nitrogen and oxygen atoms in total. The Hall–Kier alpha value is -2.56. The molecule has 1 rings (SSSR count). The first-order chi connectivity index (χ1) is 8.08. The summed E-state index contributed by atoms with van der Waals surface area (Å²) in [6, 6.07) is 5.82. The molecule has 0 unspecified atom stereocenters. The van der Waals surface area contributed by atoms with Gasteiger partial charge in [-0.15, -0.1) is 0 Å². The SMILES string of the molecule is C=CO.C=COC(=O)c1ccccc1C(=O)O. The summed E-state index contributed by atoms with van der Waals surface area (Å²) in [5.74, 6) is -1.89. The summed E-state index contributed by atoms with van der Waals surface area (Å²) in [5.41, 5.74) is -0.0701. The molecule has 0 bridgehead atoms. The van der Waals surface area contributed by atoms with E-state index in [1.54, 1.807) is 6.07 Å². The van der Waals surface area contributed by atoms with Crippen LogP contribution in [0.25, 0.3) is 0 Å². The lowest BCUT2D eigenvalue weighted by molar-refractivity contribution is 0.0632. The fourth-order valence-electron chi connectivity index (χ4n) is 0.987. The summed E-state index contributed by atoms with van der Waals surface area (Å²) < 4.78 is 4.48. The summed E-state index contributed by atoms with van der Waals surface area (Å²) in [5, 5.41) is 16.1. The lowest BCUT2D eigenvalue weighted by Crippen LogP contribution is -2.09. The van der Waals surface area contributed by atoms with Crippen LogP contribution < -0.4 is 0 Å². The highest BCUT2D eigenvalue weighted by atomic mass is 16.5. The maximum Gasteiger partial charge on any atom is 0.343 e. The number of ether oxygens (including phenoxy) is 1. The number of hydrogen-bond acceptors (Lipinski definition) is 4. The third-order valence-electron chi connectivity index (χ3n) is 1.57. The molecule has 17 heavy (non-hydrogen) atoms. The highest BCUT2D eigenvalue weighted by molar-refractivity contribution is 6.02. The van der Waals surface area contributed by atoms with Crippen molar-refractivity contribution < 1.29 is 24.5 Å². The van der Waals surface area contributed by atoms with E-state index in [1.165, 1.54) is 18.2 Å². The molecule has 0 aromatic heterocycles. The summed E-state index contributed by atoms with van der Waals surface area (Å²) in [6.45, 7) is 6.13. The van der Waals surface area contributed by atoms with Crippen LogP contribution in [0.1, 0.15) is 20.7 Å². The fourth-order valence-corrected chi connectivity index (χ4v) is 0.987. The lowest BCUT2D eigenvalue weighted by Gasteiger charge is -2.02. The maximum atomic E-state index is 11.2. The predicted molar refractivity (Wildman–Crippen MR) is 61.8 cm³/mol. The zero-order valence-electron chi connectivity index (χ0n) is 9.00. The fraction of sp³-hybridized carbons (Fsp3) is 0. The third kappa shape index (κ3) is 4.65. The highest BCUT2D eigenvalue weighted by Gasteiger charge is 2.15. The van der Waals surface area contributed by atoms with Crippen molar-refractivity contribution in [2.24, 2.45) is 0 Å². The molecule has 0 heterocycles. The monoisotopic (exact) mass is 236 g/mol. The molecule has 2 N–H and O–H groups in total. The molecule has 0 atom stereocenters. The molecular weight excluding hydrogens is 224 g/mol. The molecule has 0 aliphatic heterocycles. The number of aromatic carboxylic acids is 1. The molecule has 0 fully saturated rings. The number of esters is 1. The summed E-state index contributed by atoms with van der Waals surface area (Å²) in [7, 11) is 0. The molecule has 0 aliphatic carbocycles. The van der Waals surface area contributed by atoms with Crippen molar-refractivity contribution >= 4 is 11.9 Å². The average molecular weight is 236 g/mol. The first-order valence-electron chi connectivity index (χ1n) is 4.47. The Morgan fingerprint density at radius 1 is 1.18 bits per heavy atom. The van der Waals surface area contributed by atoms with Crippen LogP contribution in [-0.2, 0) is 4.74 Å². The van der Waals surface area contributed by atoms with Crippen molar-refractivity contribution in [3.63, 3.8) is 0 Å². The minimum Gasteiger partial charge on any atom is -0.516 e. The number of benzene rings is 1. The lowest BCUT2D eigenvalue weighted by atomic mass is 10.1. The van der Waals surface area contributed by atoms with Crippen LogP contribution >= 0.6 is 0 Å². The topological polar surface area (TPSA) is 83.8 Å². The van der Waals surface area contributed by atoms with E-state index in [0.717, 1.165) is 12.5 Å². The van der Waals surface area contributed by atoms with Crippen molar-refractivity contribution in [2.75, 3.05) is 0 Å². The number of carboxylic acid groups (broad SMARTS) is 1. The van der Waals surface area contributed by atoms with E-state index in [1.807, 2.05) is 0 Å². The van der Waals surface area contributed by atoms with Crippen molar-refractivity contribution in [1.82, 2.24) is 0 Å². The Morgan fingerprint density at radius 3 is 2.06 bits per heavy atom. The second-order valence-electron chi connectivity index (χ2n) is 2.61. The average Bonchev–Trinajstić information content (AvgIpc) is 2.30. The van der Waals surface area contributed by atoms with Crippen LogP contribution in [0.5, 0.6) is 0 Å². The van der Waals surface area contributed by atoms with Gasteiger partial charge in [0.25, 0.3) is 0 Å². The Kier molecular flexibility index (Phi) is 6.54. The highest BCUT2D eigenvalue weighted by Crippen LogP contribution is 2.10. The zero-order chi connectivity index (χ0) is 13.3. The van der Waals surface area contributed by atoms with Gasteiger partial charge in [-0.3, -0.25) is 0 Å². The maximum absolute atomic E-state index is 11.2. The molecule has 5 heteroatoms. The van der Waals surface area contributed by atoms with Gasteiger partial charge in [0.2, 0.25) is 0 Å². The minimum absolute atomic E-state index is 0.0138. The molecule has 0 saturated heterocycles. The van der Waals surface area contributed by atoms with Gasteiger partial charge in [0.1, 0.15) is 0 Å². The van der Waals surface area contributed by atoms with Crippen molar-refractivity contribution in [2.45, 2.75) is 0 Å². The smallest absolute Gasteiger partial charge is 0.343 e. The van der Waals surface area contributed by atoms with E-state index in [2.05, 4.69) is 17.9 Å². The molecule has 0 amide bonds. The second-order valence-corrected chi connectivity index (χ2v) is 2.61. The van der Waals surface area contributed by atoms with E-state index < -0.39 is 11.9 Å². The minimum atomic E-state index is -1.17. The molecule has 0 radical (unpaired) electrons. The van der Waals surface area contributed by atoms with E-state index in [4.69, 9.17) is 10.2 Å². The van der Waals surface area contributed by atoms with Gasteiger partial charge in [-0.05, 0) is 12.1 Å². The molecule has 90 valence electrons. The van der Waals surface area contributed by atoms with Crippen molar-refractivity contribution in [3.05, 3.63) is 61.1 Å². The number of aliphatic hydroxyl groups is 1. The van der Waals surface area contributed by atoms with Gasteiger partial charge < -0.3 is 14.9 Å². The van der Waals surface area contributed by atoms with Gasteiger partial charge in [-0.1, -0.05) is 25.3 Å². The first-order valence-corrected chi connectivity index (χ1v) is 4.47. The molecule has 0 spiro atoms. The quantitative estimate of drug-likeness (QED) is 0.621. The first kappa shape index (κ1) is 14.4. The van der Waals surface area contributed by atoms with E-state index in [-0.39, 0.29) is 11.1 Å². The third-order valence-corrected chi connectivity index (χ3v) is 1.57. The van der Waals surface area contributed by atoms with Gasteiger partial charge in [-0.25, -0.2) is 9.59 Å². The largest absolute Gasteiger partial charge is 0.516 e. The van der Waals surface area contributed by atoms with Crippen LogP contribution in [0.3, 0.4) is 0 Å². The molecular formula is C12H12O5. The van der Waals surface area contributed by atoms with Crippen LogP contribution in [0.4, 0.5) is 0 Å². The number of rotatable bonds is 3. The van der Waals surface area contributed by atoms with Crippen LogP contribution in [0.2, 0.25) is 0 Å². The van der Waals surface area contributed by atoms with E-state index in [0.29, 0.717) is 0 Å². The van der Waals surface area contributed by atoms with Crippen LogP contribution in [0, 0.1) is 0 Å². The van der Waals surface area contributed by atoms with Gasteiger partial charge in [0, 0.05) is 0 Å². The Labute approximate surface area is 98.3 Å². The number of carbonyl (C=O) groups is 2. The molecule has 0 saturated carbocycles. The number of carboxylic acids is 1. The van der Waals surface area contributed by atoms with E-state index >= 15 is 0 Å². The molecule has 1 aromatic carbocycles. The van der Waals surface area contributed by atoms with Gasteiger partial charge in [0.15, 0.2) is 0 Å². The second kappa shape index (κ2) is 7.70. The van der Waals surface area contributed by atoms with E-state index in [9.17, 15) is 9.59 Å². The summed E-state index contributed by atoms with van der Waals surface area (Å²) in [4.78, 5) is 21.9. The number of aliphatic hydroxyl groups excluding tert-OH is 1. The number of hydrogen-bond donors (Lipinski definition) is 2. The normalized spacial score (nSPS) is 8.24. The van der Waals surface area contributed by atoms with Crippen molar-refractivity contribution in [1.29, 1.82) is 0 Å². The standard InChI is InChI=1S/C10H8O4.C2H4O/c1-2-14-10(13)8-6-4-3-5-7(8)9(11)12;1-2-3/h2-6H,1H2,(H,11,12);2-3H,1H2.